The van der Waals surface area contributed by atoms with Crippen molar-refractivity contribution in [3.63, 3.8) is 0 Å². The Hall–Kier alpha value is -2.44. The zero-order valence-corrected chi connectivity index (χ0v) is 19.8. The van der Waals surface area contributed by atoms with Gasteiger partial charge in [-0.1, -0.05) is 62.4 Å². The molecule has 2 aromatic carbocycles. The summed E-state index contributed by atoms with van der Waals surface area (Å²) in [7, 11) is -3.62. The summed E-state index contributed by atoms with van der Waals surface area (Å²) in [6.07, 6.45) is 8.88. The number of unbranched alkanes of at least 4 members (excludes halogenated alkanes) is 7. The first-order chi connectivity index (χ1) is 15.5. The number of para-hydroxylation sites is 1. The summed E-state index contributed by atoms with van der Waals surface area (Å²) in [5, 5.41) is 1.12. The maximum atomic E-state index is 12.1. The highest BCUT2D eigenvalue weighted by Crippen LogP contribution is 2.19. The van der Waals surface area contributed by atoms with Gasteiger partial charge in [0.15, 0.2) is 5.69 Å². The van der Waals surface area contributed by atoms with Gasteiger partial charge in [-0.25, -0.2) is 0 Å². The smallest absolute Gasteiger partial charge is 0.296 e. The second-order valence-electron chi connectivity index (χ2n) is 8.33. The van der Waals surface area contributed by atoms with Crippen LogP contribution in [0.15, 0.2) is 65.6 Å². The van der Waals surface area contributed by atoms with Gasteiger partial charge in [0.1, 0.15) is 6.54 Å². The standard InChI is InChI=1S/C26H34N2O3S/c1-22-21-25(27)24-17-11-12-18-26(24)28(22)19-13-6-4-2-3-5-7-14-20-31-32(29,30)23-15-9-8-10-16-23/h8-12,15-18,21,27H,2-7,13-14,19-20H2,1H3/p+1. The number of nitrogens with two attached hydrogens (primary N) is 1. The Balaban J connectivity index is 1.26. The van der Waals surface area contributed by atoms with Crippen LogP contribution in [-0.2, 0) is 20.8 Å². The lowest BCUT2D eigenvalue weighted by Gasteiger charge is -2.07. The van der Waals surface area contributed by atoms with Crippen LogP contribution in [0.5, 0.6) is 0 Å². The average molecular weight is 456 g/mol. The lowest BCUT2D eigenvalue weighted by molar-refractivity contribution is -0.677. The average Bonchev–Trinajstić information content (AvgIpc) is 2.80. The predicted octanol–water partition coefficient (Wildman–Crippen LogP) is 5.54. The lowest BCUT2D eigenvalue weighted by atomic mass is 10.1. The molecule has 5 nitrogen and oxygen atoms in total. The second kappa shape index (κ2) is 12.0. The number of nitrogens with zero attached hydrogens (tertiary/aromatic N) is 1. The molecule has 3 rings (SSSR count). The van der Waals surface area contributed by atoms with Gasteiger partial charge in [-0.15, -0.1) is 0 Å². The van der Waals surface area contributed by atoms with Crippen molar-refractivity contribution >= 4 is 26.7 Å². The molecule has 0 spiro atoms. The molecule has 1 heterocycles. The first kappa shape index (κ1) is 24.2. The molecule has 6 heteroatoms. The van der Waals surface area contributed by atoms with Crippen molar-refractivity contribution in [2.75, 3.05) is 12.3 Å². The zero-order chi connectivity index (χ0) is 22.8. The van der Waals surface area contributed by atoms with E-state index in [0.717, 1.165) is 43.3 Å². The van der Waals surface area contributed by atoms with Gasteiger partial charge >= 0.3 is 0 Å². The maximum Gasteiger partial charge on any atom is 0.296 e. The minimum atomic E-state index is -3.62. The highest BCUT2D eigenvalue weighted by atomic mass is 32.2. The Kier molecular flexibility index (Phi) is 9.06. The summed E-state index contributed by atoms with van der Waals surface area (Å²) in [5.41, 5.74) is 9.44. The van der Waals surface area contributed by atoms with E-state index in [-0.39, 0.29) is 11.5 Å². The summed E-state index contributed by atoms with van der Waals surface area (Å²) in [6, 6.07) is 18.7. The monoisotopic (exact) mass is 455 g/mol. The summed E-state index contributed by atoms with van der Waals surface area (Å²) in [4.78, 5) is 0.223. The number of aromatic nitrogens is 1. The summed E-state index contributed by atoms with van der Waals surface area (Å²) < 4.78 is 31.6. The third kappa shape index (κ3) is 6.78. The molecule has 172 valence electrons. The van der Waals surface area contributed by atoms with Crippen LogP contribution in [0.1, 0.15) is 57.1 Å². The molecule has 1 aromatic heterocycles. The van der Waals surface area contributed by atoms with Crippen LogP contribution in [0.2, 0.25) is 0 Å². The van der Waals surface area contributed by atoms with E-state index >= 15 is 0 Å². The highest BCUT2D eigenvalue weighted by Gasteiger charge is 2.15. The van der Waals surface area contributed by atoms with Crippen molar-refractivity contribution in [1.29, 1.82) is 0 Å². The summed E-state index contributed by atoms with van der Waals surface area (Å²) >= 11 is 0. The van der Waals surface area contributed by atoms with E-state index in [4.69, 9.17) is 9.92 Å². The molecular weight excluding hydrogens is 420 g/mol. The zero-order valence-electron chi connectivity index (χ0n) is 19.0. The lowest BCUT2D eigenvalue weighted by Crippen LogP contribution is -2.38. The van der Waals surface area contributed by atoms with Crippen molar-refractivity contribution in [3.8, 4) is 0 Å². The Morgan fingerprint density at radius 2 is 1.41 bits per heavy atom. The van der Waals surface area contributed by atoms with Crippen molar-refractivity contribution in [3.05, 3.63) is 66.4 Å². The molecule has 0 aliphatic carbocycles. The molecule has 0 atom stereocenters. The molecule has 3 aromatic rings. The van der Waals surface area contributed by atoms with Crippen molar-refractivity contribution in [2.24, 2.45) is 0 Å². The number of pyridine rings is 1. The van der Waals surface area contributed by atoms with E-state index < -0.39 is 10.1 Å². The molecule has 32 heavy (non-hydrogen) atoms. The van der Waals surface area contributed by atoms with Gasteiger partial charge in [0.25, 0.3) is 10.1 Å². The van der Waals surface area contributed by atoms with Crippen LogP contribution in [0.25, 0.3) is 10.9 Å². The van der Waals surface area contributed by atoms with Crippen LogP contribution >= 0.6 is 0 Å². The van der Waals surface area contributed by atoms with E-state index in [9.17, 15) is 8.42 Å². The summed E-state index contributed by atoms with van der Waals surface area (Å²) in [5.74, 6) is 0. The van der Waals surface area contributed by atoms with Crippen molar-refractivity contribution in [1.82, 2.24) is 0 Å². The van der Waals surface area contributed by atoms with Crippen LogP contribution in [0.3, 0.4) is 0 Å². The molecule has 2 N–H and O–H groups in total. The van der Waals surface area contributed by atoms with E-state index in [1.54, 1.807) is 30.3 Å². The molecule has 0 saturated carbocycles. The van der Waals surface area contributed by atoms with Gasteiger partial charge in [-0.3, -0.25) is 4.18 Å². The molecule has 0 aliphatic heterocycles. The number of anilines is 1. The molecule has 0 fully saturated rings. The number of fused-ring (bicyclic) bond motifs is 1. The van der Waals surface area contributed by atoms with Gasteiger partial charge < -0.3 is 5.73 Å². The molecule has 0 unspecified atom stereocenters. The molecule has 0 radical (unpaired) electrons. The number of hydrogen-bond acceptors (Lipinski definition) is 4. The number of nitrogen functional groups attached to an aromatic ring is 1. The fourth-order valence-electron chi connectivity index (χ4n) is 4.08. The van der Waals surface area contributed by atoms with E-state index in [0.29, 0.717) is 0 Å². The van der Waals surface area contributed by atoms with Crippen LogP contribution in [-0.4, -0.2) is 15.0 Å². The minimum Gasteiger partial charge on any atom is -0.398 e. The minimum absolute atomic E-state index is 0.223. The predicted molar refractivity (Wildman–Crippen MR) is 130 cm³/mol. The quantitative estimate of drug-likeness (QED) is 0.208. The van der Waals surface area contributed by atoms with E-state index in [1.807, 2.05) is 6.07 Å². The first-order valence-corrected chi connectivity index (χ1v) is 13.0. The largest absolute Gasteiger partial charge is 0.398 e. The van der Waals surface area contributed by atoms with Crippen molar-refractivity contribution < 1.29 is 17.2 Å². The normalized spacial score (nSPS) is 11.8. The molecule has 0 saturated heterocycles. The SMILES string of the molecule is Cc1cc(N)c2ccccc2[n+]1CCCCCCCCCCOS(=O)(=O)c1ccccc1. The summed E-state index contributed by atoms with van der Waals surface area (Å²) in [6.45, 7) is 3.39. The number of benzene rings is 2. The van der Waals surface area contributed by atoms with E-state index in [1.165, 1.54) is 36.9 Å². The third-order valence-electron chi connectivity index (χ3n) is 5.84. The van der Waals surface area contributed by atoms with E-state index in [2.05, 4.69) is 35.8 Å². The van der Waals surface area contributed by atoms with Gasteiger partial charge in [-0.05, 0) is 31.0 Å². The first-order valence-electron chi connectivity index (χ1n) is 11.6. The Bertz CT molecular complexity index is 1100. The maximum absolute atomic E-state index is 12.1. The fraction of sp³-hybridized carbons (Fsp3) is 0.423. The highest BCUT2D eigenvalue weighted by molar-refractivity contribution is 7.86. The molecule has 0 aliphatic rings. The van der Waals surface area contributed by atoms with Gasteiger partial charge in [0, 0.05) is 25.5 Å². The Morgan fingerprint density at radius 3 is 2.12 bits per heavy atom. The van der Waals surface area contributed by atoms with Crippen LogP contribution in [0.4, 0.5) is 5.69 Å². The number of hydrogen-bond donors (Lipinski definition) is 1. The van der Waals surface area contributed by atoms with Gasteiger partial charge in [0.2, 0.25) is 5.52 Å². The molecule has 0 bridgehead atoms. The number of aryl methyl sites for hydroxylation is 2. The molecule has 0 amide bonds. The Morgan fingerprint density at radius 1 is 0.812 bits per heavy atom. The topological polar surface area (TPSA) is 73.3 Å². The van der Waals surface area contributed by atoms with Crippen molar-refractivity contribution in [2.45, 2.75) is 69.7 Å². The number of rotatable bonds is 13. The van der Waals surface area contributed by atoms with Gasteiger partial charge in [0.05, 0.1) is 22.6 Å². The second-order valence-corrected chi connectivity index (χ2v) is 9.94. The van der Waals surface area contributed by atoms with Gasteiger partial charge in [-0.2, -0.15) is 13.0 Å². The fourth-order valence-corrected chi connectivity index (χ4v) is 5.04. The molecular formula is C26H35N2O3S+. The Labute approximate surface area is 192 Å². The third-order valence-corrected chi connectivity index (χ3v) is 7.17. The van der Waals surface area contributed by atoms with Crippen LogP contribution in [0, 0.1) is 6.92 Å². The van der Waals surface area contributed by atoms with Crippen LogP contribution < -0.4 is 10.3 Å².